The van der Waals surface area contributed by atoms with Crippen LogP contribution in [0.4, 0.5) is 0 Å². The lowest BCUT2D eigenvalue weighted by Crippen LogP contribution is -2.43. The molecule has 0 atom stereocenters. The van der Waals surface area contributed by atoms with Crippen molar-refractivity contribution in [1.82, 2.24) is 15.0 Å². The van der Waals surface area contributed by atoms with Crippen LogP contribution >= 0.6 is 0 Å². The predicted octanol–water partition coefficient (Wildman–Crippen LogP) is 4.84. The number of nitrogens with zero attached hydrogens (tertiary/aromatic N) is 3. The molecule has 2 aliphatic carbocycles. The van der Waals surface area contributed by atoms with E-state index in [1.165, 1.54) is 12.8 Å². The van der Waals surface area contributed by atoms with E-state index in [0.717, 1.165) is 53.9 Å². The van der Waals surface area contributed by atoms with Crippen LogP contribution in [-0.4, -0.2) is 33.0 Å². The van der Waals surface area contributed by atoms with Gasteiger partial charge in [-0.2, -0.15) is 0 Å². The van der Waals surface area contributed by atoms with E-state index in [-0.39, 0.29) is 11.8 Å². The van der Waals surface area contributed by atoms with Gasteiger partial charge in [0.15, 0.2) is 0 Å². The molecule has 0 aromatic carbocycles. The predicted molar refractivity (Wildman–Crippen MR) is 101 cm³/mol. The fourth-order valence-corrected chi connectivity index (χ4v) is 4.22. The average Bonchev–Trinajstić information content (AvgIpc) is 3.38. The van der Waals surface area contributed by atoms with Gasteiger partial charge in [-0.15, -0.1) is 0 Å². The number of carbonyl (C=O) groups excluding carboxylic acids is 1. The summed E-state index contributed by atoms with van der Waals surface area (Å²) in [4.78, 5) is 20.4. The molecule has 140 valence electrons. The van der Waals surface area contributed by atoms with Crippen LogP contribution < -0.4 is 0 Å². The molecule has 0 radical (unpaired) electrons. The number of aryl methyl sites for hydroxylation is 1. The van der Waals surface area contributed by atoms with Gasteiger partial charge in [0.05, 0.1) is 16.6 Å². The van der Waals surface area contributed by atoms with Gasteiger partial charge in [-0.05, 0) is 63.4 Å². The lowest BCUT2D eigenvalue weighted by atomic mass is 9.86. The second kappa shape index (κ2) is 6.67. The third-order valence-corrected chi connectivity index (χ3v) is 6.01. The summed E-state index contributed by atoms with van der Waals surface area (Å²) in [5, 5.41) is 4.86. The first-order valence-electron chi connectivity index (χ1n) is 10.0. The third kappa shape index (κ3) is 3.12. The molecule has 4 rings (SSSR count). The quantitative estimate of drug-likeness (QED) is 0.787. The standard InChI is InChI=1S/C21H29N3O2/c1-12(2)18-11-17(19-14(4)23-26-20(19)22-18)21(25)24(16-9-10-16)15-7-5-13(3)6-8-15/h11-13,15-16H,5-10H2,1-4H3. The molecule has 5 heteroatoms. The van der Waals surface area contributed by atoms with Crippen molar-refractivity contribution >= 4 is 17.0 Å². The Balaban J connectivity index is 1.75. The highest BCUT2D eigenvalue weighted by Crippen LogP contribution is 2.37. The summed E-state index contributed by atoms with van der Waals surface area (Å²) >= 11 is 0. The van der Waals surface area contributed by atoms with Gasteiger partial charge in [0.25, 0.3) is 11.6 Å². The Bertz CT molecular complexity index is 814. The van der Waals surface area contributed by atoms with Crippen molar-refractivity contribution in [3.63, 3.8) is 0 Å². The van der Waals surface area contributed by atoms with Gasteiger partial charge in [0.2, 0.25) is 0 Å². The van der Waals surface area contributed by atoms with E-state index in [9.17, 15) is 4.79 Å². The van der Waals surface area contributed by atoms with Crippen LogP contribution in [0.15, 0.2) is 10.6 Å². The van der Waals surface area contributed by atoms with E-state index in [4.69, 9.17) is 4.52 Å². The van der Waals surface area contributed by atoms with Gasteiger partial charge in [-0.25, -0.2) is 4.98 Å². The first-order chi connectivity index (χ1) is 12.5. The smallest absolute Gasteiger partial charge is 0.259 e. The van der Waals surface area contributed by atoms with Gasteiger partial charge in [0, 0.05) is 17.8 Å². The maximum absolute atomic E-state index is 13.7. The molecule has 0 N–H and O–H groups in total. The first-order valence-corrected chi connectivity index (χ1v) is 10.0. The lowest BCUT2D eigenvalue weighted by molar-refractivity contribution is 0.0595. The molecule has 2 saturated carbocycles. The molecule has 0 spiro atoms. The minimum absolute atomic E-state index is 0.146. The Hall–Kier alpha value is -1.91. The number of fused-ring (bicyclic) bond motifs is 1. The van der Waals surface area contributed by atoms with E-state index < -0.39 is 0 Å². The number of amides is 1. The van der Waals surface area contributed by atoms with E-state index in [0.29, 0.717) is 17.8 Å². The zero-order chi connectivity index (χ0) is 18.4. The number of hydrogen-bond donors (Lipinski definition) is 0. The third-order valence-electron chi connectivity index (χ3n) is 6.01. The van der Waals surface area contributed by atoms with E-state index >= 15 is 0 Å². The van der Waals surface area contributed by atoms with Crippen molar-refractivity contribution in [2.45, 2.75) is 84.2 Å². The molecule has 0 bridgehead atoms. The maximum atomic E-state index is 13.7. The summed E-state index contributed by atoms with van der Waals surface area (Å²) in [6, 6.07) is 2.75. The molecule has 0 unspecified atom stereocenters. The van der Waals surface area contributed by atoms with E-state index in [1.54, 1.807) is 0 Å². The molecule has 2 aromatic heterocycles. The number of carbonyl (C=O) groups is 1. The van der Waals surface area contributed by atoms with Crippen molar-refractivity contribution in [3.05, 3.63) is 23.0 Å². The second-order valence-electron chi connectivity index (χ2n) is 8.55. The van der Waals surface area contributed by atoms with Crippen molar-refractivity contribution in [3.8, 4) is 0 Å². The van der Waals surface area contributed by atoms with Crippen LogP contribution in [0.5, 0.6) is 0 Å². The molecule has 5 nitrogen and oxygen atoms in total. The van der Waals surface area contributed by atoms with Gasteiger partial charge in [-0.1, -0.05) is 25.9 Å². The monoisotopic (exact) mass is 355 g/mol. The van der Waals surface area contributed by atoms with Crippen molar-refractivity contribution in [2.24, 2.45) is 5.92 Å². The molecule has 2 aromatic rings. The summed E-state index contributed by atoms with van der Waals surface area (Å²) in [6.45, 7) is 8.39. The van der Waals surface area contributed by atoms with Crippen molar-refractivity contribution < 1.29 is 9.32 Å². The normalized spacial score (nSPS) is 23.6. The Labute approximate surface area is 155 Å². The highest BCUT2D eigenvalue weighted by Gasteiger charge is 2.39. The zero-order valence-corrected chi connectivity index (χ0v) is 16.3. The fourth-order valence-electron chi connectivity index (χ4n) is 4.22. The molecule has 26 heavy (non-hydrogen) atoms. The van der Waals surface area contributed by atoms with Crippen LogP contribution in [0.1, 0.15) is 87.0 Å². The molecule has 2 fully saturated rings. The Morgan fingerprint density at radius 2 is 1.77 bits per heavy atom. The molecule has 2 aliphatic rings. The molecule has 0 aliphatic heterocycles. The Morgan fingerprint density at radius 1 is 1.15 bits per heavy atom. The molecule has 0 saturated heterocycles. The summed E-state index contributed by atoms with van der Waals surface area (Å²) < 4.78 is 5.41. The van der Waals surface area contributed by atoms with Crippen LogP contribution in [0.2, 0.25) is 0 Å². The minimum Gasteiger partial charge on any atom is -0.336 e. The number of aromatic nitrogens is 2. The Kier molecular flexibility index (Phi) is 4.49. The second-order valence-corrected chi connectivity index (χ2v) is 8.55. The van der Waals surface area contributed by atoms with Crippen LogP contribution in [-0.2, 0) is 0 Å². The van der Waals surface area contributed by atoms with Gasteiger partial charge in [-0.3, -0.25) is 4.79 Å². The lowest BCUT2D eigenvalue weighted by Gasteiger charge is -2.36. The van der Waals surface area contributed by atoms with Crippen LogP contribution in [0.25, 0.3) is 11.1 Å². The zero-order valence-electron chi connectivity index (χ0n) is 16.3. The maximum Gasteiger partial charge on any atom is 0.259 e. The Morgan fingerprint density at radius 3 is 2.35 bits per heavy atom. The van der Waals surface area contributed by atoms with E-state index in [2.05, 4.69) is 35.8 Å². The topological polar surface area (TPSA) is 59.2 Å². The van der Waals surface area contributed by atoms with Crippen LogP contribution in [0.3, 0.4) is 0 Å². The SMILES string of the molecule is Cc1noc2nc(C(C)C)cc(C(=O)N(C3CCC(C)CC3)C3CC3)c12. The van der Waals surface area contributed by atoms with Crippen molar-refractivity contribution in [2.75, 3.05) is 0 Å². The summed E-state index contributed by atoms with van der Waals surface area (Å²) in [5.74, 6) is 1.16. The van der Waals surface area contributed by atoms with Gasteiger partial charge < -0.3 is 9.42 Å². The van der Waals surface area contributed by atoms with Gasteiger partial charge >= 0.3 is 0 Å². The molecule has 2 heterocycles. The van der Waals surface area contributed by atoms with Crippen molar-refractivity contribution in [1.29, 1.82) is 0 Å². The van der Waals surface area contributed by atoms with Gasteiger partial charge in [0.1, 0.15) is 0 Å². The fraction of sp³-hybridized carbons (Fsp3) is 0.667. The summed E-state index contributed by atoms with van der Waals surface area (Å²) in [7, 11) is 0. The number of pyridine rings is 1. The molecular formula is C21H29N3O2. The summed E-state index contributed by atoms with van der Waals surface area (Å²) in [6.07, 6.45) is 6.94. The highest BCUT2D eigenvalue weighted by atomic mass is 16.5. The first kappa shape index (κ1) is 17.5. The number of rotatable bonds is 4. The van der Waals surface area contributed by atoms with Crippen LogP contribution in [0, 0.1) is 12.8 Å². The average molecular weight is 355 g/mol. The molecule has 1 amide bonds. The van der Waals surface area contributed by atoms with E-state index in [1.807, 2.05) is 13.0 Å². The largest absolute Gasteiger partial charge is 0.336 e. The highest BCUT2D eigenvalue weighted by molar-refractivity contribution is 6.06. The minimum atomic E-state index is 0.146. The molecular weight excluding hydrogens is 326 g/mol. The number of hydrogen-bond acceptors (Lipinski definition) is 4. The summed E-state index contributed by atoms with van der Waals surface area (Å²) in [5.41, 5.74) is 2.86.